The summed E-state index contributed by atoms with van der Waals surface area (Å²) in [6, 6.07) is 5.70. The van der Waals surface area contributed by atoms with Gasteiger partial charge in [0, 0.05) is 49.7 Å². The van der Waals surface area contributed by atoms with Crippen LogP contribution in [-0.4, -0.2) is 76.7 Å². The maximum absolute atomic E-state index is 13.1. The van der Waals surface area contributed by atoms with Crippen LogP contribution in [0, 0.1) is 5.92 Å². The Hall–Kier alpha value is -3.11. The number of ether oxygens (including phenoxy) is 2. The first-order chi connectivity index (χ1) is 17.5. The fraction of sp³-hybridized carbons (Fsp3) is 0.577. The lowest BCUT2D eigenvalue weighted by atomic mass is 9.88. The van der Waals surface area contributed by atoms with Crippen molar-refractivity contribution in [2.45, 2.75) is 63.8 Å². The van der Waals surface area contributed by atoms with E-state index in [1.165, 1.54) is 5.56 Å². The summed E-state index contributed by atoms with van der Waals surface area (Å²) in [5, 5.41) is 13.1. The number of nitrogens with one attached hydrogen (secondary N) is 1. The molecule has 3 aliphatic rings. The number of hydrogen-bond acceptors (Lipinski definition) is 9. The number of rotatable bonds is 8. The SMILES string of the molecule is COC[C@@H](C)Oc1nc(C(=O)N[C@H]2CCC[C@H]2O)cc(N2CCC(C3=NCc4ncccc43)CC2)n1. The van der Waals surface area contributed by atoms with Crippen LogP contribution in [0.15, 0.2) is 29.4 Å². The van der Waals surface area contributed by atoms with Crippen LogP contribution in [0.1, 0.15) is 60.8 Å². The van der Waals surface area contributed by atoms with Crippen LogP contribution >= 0.6 is 0 Å². The normalized spacial score (nSPS) is 22.8. The Morgan fingerprint density at radius 1 is 1.25 bits per heavy atom. The average Bonchev–Trinajstić information content (AvgIpc) is 3.50. The van der Waals surface area contributed by atoms with Crippen LogP contribution in [0.5, 0.6) is 6.01 Å². The second-order valence-electron chi connectivity index (χ2n) is 9.82. The summed E-state index contributed by atoms with van der Waals surface area (Å²) in [6.45, 7) is 4.48. The molecule has 2 N–H and O–H groups in total. The molecule has 1 aliphatic carbocycles. The summed E-state index contributed by atoms with van der Waals surface area (Å²) in [4.78, 5) is 33.5. The lowest BCUT2D eigenvalue weighted by Crippen LogP contribution is -2.40. The smallest absolute Gasteiger partial charge is 0.319 e. The van der Waals surface area contributed by atoms with Gasteiger partial charge in [0.15, 0.2) is 0 Å². The summed E-state index contributed by atoms with van der Waals surface area (Å²) in [7, 11) is 1.61. The topological polar surface area (TPSA) is 122 Å². The molecule has 5 rings (SSSR count). The van der Waals surface area contributed by atoms with E-state index in [2.05, 4.69) is 31.2 Å². The van der Waals surface area contributed by atoms with Gasteiger partial charge in [-0.2, -0.15) is 9.97 Å². The summed E-state index contributed by atoms with van der Waals surface area (Å²) in [5.41, 5.74) is 3.63. The summed E-state index contributed by atoms with van der Waals surface area (Å²) in [5.74, 6) is 0.710. The summed E-state index contributed by atoms with van der Waals surface area (Å²) < 4.78 is 11.1. The Balaban J connectivity index is 1.31. The van der Waals surface area contributed by atoms with Gasteiger partial charge in [0.1, 0.15) is 17.6 Å². The highest BCUT2D eigenvalue weighted by Gasteiger charge is 2.31. The van der Waals surface area contributed by atoms with E-state index >= 15 is 0 Å². The molecule has 36 heavy (non-hydrogen) atoms. The van der Waals surface area contributed by atoms with E-state index < -0.39 is 6.10 Å². The highest BCUT2D eigenvalue weighted by molar-refractivity contribution is 6.04. The Morgan fingerprint density at radius 3 is 2.83 bits per heavy atom. The van der Waals surface area contributed by atoms with Crippen LogP contribution < -0.4 is 15.0 Å². The molecule has 2 fully saturated rings. The number of aliphatic imine (C=N–C) groups is 1. The number of hydrogen-bond donors (Lipinski definition) is 2. The highest BCUT2D eigenvalue weighted by atomic mass is 16.5. The Bertz CT molecular complexity index is 1120. The van der Waals surface area contributed by atoms with E-state index in [0.29, 0.717) is 31.3 Å². The van der Waals surface area contributed by atoms with Crippen molar-refractivity contribution in [2.24, 2.45) is 10.9 Å². The Labute approximate surface area is 211 Å². The predicted molar refractivity (Wildman–Crippen MR) is 135 cm³/mol. The van der Waals surface area contributed by atoms with Gasteiger partial charge in [0.25, 0.3) is 5.91 Å². The van der Waals surface area contributed by atoms with Gasteiger partial charge in [0.05, 0.1) is 31.0 Å². The lowest BCUT2D eigenvalue weighted by molar-refractivity contribution is 0.0826. The number of pyridine rings is 1. The number of nitrogens with zero attached hydrogens (tertiary/aromatic N) is 5. The van der Waals surface area contributed by atoms with Crippen molar-refractivity contribution in [1.82, 2.24) is 20.3 Å². The van der Waals surface area contributed by atoms with Crippen LogP contribution in [0.3, 0.4) is 0 Å². The van der Waals surface area contributed by atoms with Crippen molar-refractivity contribution in [3.05, 3.63) is 41.3 Å². The standard InChI is InChI=1S/C26H34N6O4/c1-16(15-35-2)36-26-30-20(25(34)29-19-6-3-7-22(19)33)13-23(31-26)32-11-8-17(9-12-32)24-18-5-4-10-27-21(18)14-28-24/h4-5,10,13,16-17,19,22,33H,3,6-9,11-12,14-15H2,1-2H3,(H,29,34)/t16-,19+,22-/m1/s1. The number of piperidine rings is 1. The van der Waals surface area contributed by atoms with Crippen LogP contribution in [-0.2, 0) is 11.3 Å². The largest absolute Gasteiger partial charge is 0.458 e. The molecule has 192 valence electrons. The molecule has 0 aromatic carbocycles. The third-order valence-electron chi connectivity index (χ3n) is 7.20. The monoisotopic (exact) mass is 494 g/mol. The van der Waals surface area contributed by atoms with Crippen molar-refractivity contribution in [3.63, 3.8) is 0 Å². The second kappa shape index (κ2) is 10.9. The molecule has 1 amide bonds. The number of carbonyl (C=O) groups excluding carboxylic acids is 1. The fourth-order valence-corrected chi connectivity index (χ4v) is 5.32. The first-order valence-electron chi connectivity index (χ1n) is 12.8. The van der Waals surface area contributed by atoms with Gasteiger partial charge < -0.3 is 24.8 Å². The number of methoxy groups -OCH3 is 1. The van der Waals surface area contributed by atoms with Gasteiger partial charge in [-0.05, 0) is 51.2 Å². The van der Waals surface area contributed by atoms with Gasteiger partial charge in [-0.25, -0.2) is 0 Å². The molecule has 4 heterocycles. The maximum atomic E-state index is 13.1. The van der Waals surface area contributed by atoms with E-state index in [1.54, 1.807) is 13.2 Å². The van der Waals surface area contributed by atoms with Gasteiger partial charge in [-0.3, -0.25) is 14.8 Å². The third-order valence-corrected chi connectivity index (χ3v) is 7.20. The number of aliphatic hydroxyl groups excluding tert-OH is 1. The number of aliphatic hydroxyl groups is 1. The second-order valence-corrected chi connectivity index (χ2v) is 9.82. The predicted octanol–water partition coefficient (Wildman–Crippen LogP) is 2.15. The first kappa shape index (κ1) is 24.6. The van der Waals surface area contributed by atoms with Gasteiger partial charge in [0.2, 0.25) is 0 Å². The van der Waals surface area contributed by atoms with Gasteiger partial charge in [-0.1, -0.05) is 0 Å². The molecule has 0 bridgehead atoms. The molecule has 2 aliphatic heterocycles. The number of carbonyl (C=O) groups is 1. The summed E-state index contributed by atoms with van der Waals surface area (Å²) >= 11 is 0. The zero-order valence-electron chi connectivity index (χ0n) is 20.9. The number of fused-ring (bicyclic) bond motifs is 1. The molecule has 3 atom stereocenters. The summed E-state index contributed by atoms with van der Waals surface area (Å²) in [6.07, 6.45) is 5.25. The van der Waals surface area contributed by atoms with Crippen molar-refractivity contribution < 1.29 is 19.4 Å². The molecular weight excluding hydrogens is 460 g/mol. The molecule has 1 saturated heterocycles. The van der Waals surface area contributed by atoms with Crippen molar-refractivity contribution >= 4 is 17.4 Å². The Kier molecular flexibility index (Phi) is 7.43. The maximum Gasteiger partial charge on any atom is 0.319 e. The van der Waals surface area contributed by atoms with Crippen LogP contribution in [0.2, 0.25) is 0 Å². The van der Waals surface area contributed by atoms with Gasteiger partial charge in [-0.15, -0.1) is 0 Å². The minimum absolute atomic E-state index is 0.150. The minimum atomic E-state index is -0.523. The fourth-order valence-electron chi connectivity index (χ4n) is 5.32. The first-order valence-corrected chi connectivity index (χ1v) is 12.8. The highest BCUT2D eigenvalue weighted by Crippen LogP contribution is 2.30. The number of amides is 1. The zero-order chi connectivity index (χ0) is 25.1. The molecule has 10 heteroatoms. The van der Waals surface area contributed by atoms with E-state index in [1.807, 2.05) is 19.2 Å². The van der Waals surface area contributed by atoms with Crippen molar-refractivity contribution in [2.75, 3.05) is 31.7 Å². The lowest BCUT2D eigenvalue weighted by Gasteiger charge is -2.33. The van der Waals surface area contributed by atoms with E-state index in [4.69, 9.17) is 14.5 Å². The van der Waals surface area contributed by atoms with E-state index in [9.17, 15) is 9.90 Å². The number of aromatic nitrogens is 3. The van der Waals surface area contributed by atoms with Crippen molar-refractivity contribution in [1.29, 1.82) is 0 Å². The van der Waals surface area contributed by atoms with Crippen LogP contribution in [0.4, 0.5) is 5.82 Å². The van der Waals surface area contributed by atoms with Crippen molar-refractivity contribution in [3.8, 4) is 6.01 Å². The average molecular weight is 495 g/mol. The van der Waals surface area contributed by atoms with Gasteiger partial charge >= 0.3 is 6.01 Å². The quantitative estimate of drug-likeness (QED) is 0.573. The molecule has 0 radical (unpaired) electrons. The third kappa shape index (κ3) is 5.34. The minimum Gasteiger partial charge on any atom is -0.458 e. The zero-order valence-corrected chi connectivity index (χ0v) is 20.9. The molecule has 2 aromatic heterocycles. The Morgan fingerprint density at radius 2 is 2.08 bits per heavy atom. The van der Waals surface area contributed by atoms with E-state index in [0.717, 1.165) is 50.2 Å². The molecule has 2 aromatic rings. The van der Waals surface area contributed by atoms with E-state index in [-0.39, 0.29) is 29.8 Å². The molecule has 0 spiro atoms. The molecule has 10 nitrogen and oxygen atoms in total. The van der Waals surface area contributed by atoms with Crippen LogP contribution in [0.25, 0.3) is 0 Å². The number of anilines is 1. The molecular formula is C26H34N6O4. The molecule has 0 unspecified atom stereocenters. The molecule has 1 saturated carbocycles.